The van der Waals surface area contributed by atoms with E-state index in [4.69, 9.17) is 14.3 Å². The van der Waals surface area contributed by atoms with E-state index in [1.54, 1.807) is 14.2 Å². The number of nitrogens with zero attached hydrogens (tertiary/aromatic N) is 1. The molecule has 5 nitrogen and oxygen atoms in total. The van der Waals surface area contributed by atoms with Gasteiger partial charge in [-0.15, -0.1) is 0 Å². The maximum Gasteiger partial charge on any atom is 0.274 e. The van der Waals surface area contributed by atoms with Gasteiger partial charge in [0.1, 0.15) is 6.10 Å². The standard InChI is InChI=1S/C16H30INO4/c1-12(2)10-15(16(19)18(4)21-6)22-11-14(17)13(3)8-7-9-20-5/h12,15H,7-11H2,1-6H3/b14-13+/t15-/m1/s1. The minimum atomic E-state index is -0.471. The highest BCUT2D eigenvalue weighted by Gasteiger charge is 2.24. The third-order valence-electron chi connectivity index (χ3n) is 3.32. The fourth-order valence-corrected chi connectivity index (χ4v) is 2.32. The van der Waals surface area contributed by atoms with Crippen LogP contribution in [0.3, 0.4) is 0 Å². The van der Waals surface area contributed by atoms with Crippen molar-refractivity contribution in [1.82, 2.24) is 5.06 Å². The molecule has 0 heterocycles. The molecule has 0 radical (unpaired) electrons. The number of halogens is 1. The zero-order chi connectivity index (χ0) is 17.1. The summed E-state index contributed by atoms with van der Waals surface area (Å²) >= 11 is 2.29. The van der Waals surface area contributed by atoms with Crippen LogP contribution in [0.1, 0.15) is 40.0 Å². The van der Waals surface area contributed by atoms with Crippen LogP contribution < -0.4 is 0 Å². The highest BCUT2D eigenvalue weighted by Crippen LogP contribution is 2.20. The summed E-state index contributed by atoms with van der Waals surface area (Å²) in [6.07, 6.45) is 2.19. The van der Waals surface area contributed by atoms with Crippen molar-refractivity contribution < 1.29 is 19.1 Å². The van der Waals surface area contributed by atoms with Crippen molar-refractivity contribution in [2.45, 2.75) is 46.1 Å². The van der Waals surface area contributed by atoms with Crippen molar-refractivity contribution in [1.29, 1.82) is 0 Å². The summed E-state index contributed by atoms with van der Waals surface area (Å²) in [6, 6.07) is 0. The maximum atomic E-state index is 12.2. The topological polar surface area (TPSA) is 48.0 Å². The molecule has 0 saturated heterocycles. The Morgan fingerprint density at radius 1 is 1.27 bits per heavy atom. The quantitative estimate of drug-likeness (QED) is 0.287. The van der Waals surface area contributed by atoms with Gasteiger partial charge in [-0.25, -0.2) is 5.06 Å². The van der Waals surface area contributed by atoms with E-state index in [2.05, 4.69) is 43.4 Å². The first-order valence-corrected chi connectivity index (χ1v) is 8.67. The Hall–Kier alpha value is -0.180. The Morgan fingerprint density at radius 3 is 2.41 bits per heavy atom. The fraction of sp³-hybridized carbons (Fsp3) is 0.812. The van der Waals surface area contributed by atoms with E-state index in [0.717, 1.165) is 23.0 Å². The Bertz CT molecular complexity index is 358. The smallest absolute Gasteiger partial charge is 0.274 e. The second kappa shape index (κ2) is 12.3. The Labute approximate surface area is 148 Å². The Balaban J connectivity index is 4.60. The molecule has 0 aliphatic heterocycles. The molecule has 0 rings (SSSR count). The summed E-state index contributed by atoms with van der Waals surface area (Å²) in [5.74, 6) is 0.237. The second-order valence-corrected chi connectivity index (χ2v) is 7.03. The lowest BCUT2D eigenvalue weighted by atomic mass is 10.1. The molecule has 130 valence electrons. The summed E-state index contributed by atoms with van der Waals surface area (Å²) in [7, 11) is 4.80. The molecule has 6 heteroatoms. The molecule has 1 atom stereocenters. The van der Waals surface area contributed by atoms with Gasteiger partial charge in [0.2, 0.25) is 0 Å². The largest absolute Gasteiger partial charge is 0.385 e. The molecule has 0 fully saturated rings. The average Bonchev–Trinajstić information content (AvgIpc) is 2.49. The molecule has 0 unspecified atom stereocenters. The summed E-state index contributed by atoms with van der Waals surface area (Å²) in [5.41, 5.74) is 1.29. The molecule has 0 aromatic carbocycles. The van der Waals surface area contributed by atoms with E-state index in [9.17, 15) is 4.79 Å². The van der Waals surface area contributed by atoms with E-state index in [1.807, 2.05) is 0 Å². The molecule has 0 bridgehead atoms. The number of hydrogen-bond acceptors (Lipinski definition) is 4. The number of methoxy groups -OCH3 is 1. The van der Waals surface area contributed by atoms with Gasteiger partial charge in [0.25, 0.3) is 5.91 Å². The highest BCUT2D eigenvalue weighted by molar-refractivity contribution is 14.1. The van der Waals surface area contributed by atoms with Gasteiger partial charge >= 0.3 is 0 Å². The lowest BCUT2D eigenvalue weighted by Gasteiger charge is -2.23. The minimum Gasteiger partial charge on any atom is -0.385 e. The van der Waals surface area contributed by atoms with Crippen LogP contribution >= 0.6 is 22.6 Å². The predicted molar refractivity (Wildman–Crippen MR) is 96.8 cm³/mol. The first kappa shape index (κ1) is 21.8. The van der Waals surface area contributed by atoms with Gasteiger partial charge in [0.15, 0.2) is 0 Å². The lowest BCUT2D eigenvalue weighted by molar-refractivity contribution is -0.181. The van der Waals surface area contributed by atoms with Crippen LogP contribution in [0.2, 0.25) is 0 Å². The monoisotopic (exact) mass is 427 g/mol. The maximum absolute atomic E-state index is 12.2. The number of likely N-dealkylation sites (N-methyl/N-ethyl adjacent to an activating group) is 1. The molecule has 1 amide bonds. The van der Waals surface area contributed by atoms with E-state index in [0.29, 0.717) is 18.9 Å². The SMILES string of the molecule is COCCC/C(C)=C(/I)CO[C@H](CC(C)C)C(=O)N(C)OC. The third kappa shape index (κ3) is 9.07. The molecular formula is C16H30INO4. The Morgan fingerprint density at radius 2 is 1.91 bits per heavy atom. The van der Waals surface area contributed by atoms with E-state index >= 15 is 0 Å². The first-order chi connectivity index (χ1) is 10.3. The normalized spacial score (nSPS) is 14.0. The van der Waals surface area contributed by atoms with Gasteiger partial charge in [-0.1, -0.05) is 19.4 Å². The number of hydrogen-bond donors (Lipinski definition) is 0. The third-order valence-corrected chi connectivity index (χ3v) is 4.55. The number of carbonyl (C=O) groups is 1. The molecule has 0 aromatic heterocycles. The number of allylic oxidation sites excluding steroid dienone is 1. The molecule has 0 spiro atoms. The van der Waals surface area contributed by atoms with Gasteiger partial charge in [0, 0.05) is 24.3 Å². The van der Waals surface area contributed by atoms with Crippen molar-refractivity contribution in [3.8, 4) is 0 Å². The fourth-order valence-electron chi connectivity index (χ4n) is 1.88. The Kier molecular flexibility index (Phi) is 12.2. The van der Waals surface area contributed by atoms with Crippen molar-refractivity contribution in [2.24, 2.45) is 5.92 Å². The van der Waals surface area contributed by atoms with Gasteiger partial charge < -0.3 is 9.47 Å². The van der Waals surface area contributed by atoms with Crippen LogP contribution in [0.5, 0.6) is 0 Å². The van der Waals surface area contributed by atoms with Gasteiger partial charge in [0.05, 0.1) is 13.7 Å². The van der Waals surface area contributed by atoms with Crippen LogP contribution in [0.15, 0.2) is 9.15 Å². The highest BCUT2D eigenvalue weighted by atomic mass is 127. The molecule has 0 saturated carbocycles. The predicted octanol–water partition coefficient (Wildman–Crippen LogP) is 3.57. The van der Waals surface area contributed by atoms with Crippen LogP contribution in [0.4, 0.5) is 0 Å². The van der Waals surface area contributed by atoms with Crippen molar-refractivity contribution in [3.05, 3.63) is 9.15 Å². The molecule has 0 aromatic rings. The number of hydroxylamine groups is 2. The molecule has 0 aliphatic rings. The number of amides is 1. The van der Waals surface area contributed by atoms with Crippen LogP contribution in [0.25, 0.3) is 0 Å². The zero-order valence-corrected chi connectivity index (χ0v) is 16.8. The van der Waals surface area contributed by atoms with E-state index in [1.165, 1.54) is 17.7 Å². The molecular weight excluding hydrogens is 397 g/mol. The lowest BCUT2D eigenvalue weighted by Crippen LogP contribution is -2.38. The van der Waals surface area contributed by atoms with Crippen molar-refractivity contribution >= 4 is 28.5 Å². The summed E-state index contributed by atoms with van der Waals surface area (Å²) < 4.78 is 12.1. The second-order valence-electron chi connectivity index (χ2n) is 5.73. The van der Waals surface area contributed by atoms with Crippen LogP contribution in [-0.2, 0) is 19.1 Å². The summed E-state index contributed by atoms with van der Waals surface area (Å²) in [4.78, 5) is 17.2. The molecule has 22 heavy (non-hydrogen) atoms. The average molecular weight is 427 g/mol. The zero-order valence-electron chi connectivity index (χ0n) is 14.6. The molecule has 0 aliphatic carbocycles. The van der Waals surface area contributed by atoms with Crippen molar-refractivity contribution in [3.63, 3.8) is 0 Å². The number of carbonyl (C=O) groups excluding carboxylic acids is 1. The minimum absolute atomic E-state index is 0.141. The van der Waals surface area contributed by atoms with Gasteiger partial charge in [-0.05, 0) is 54.7 Å². The summed E-state index contributed by atoms with van der Waals surface area (Å²) in [5, 5.41) is 1.23. The van der Waals surface area contributed by atoms with Gasteiger partial charge in [-0.3, -0.25) is 9.63 Å². The van der Waals surface area contributed by atoms with Crippen LogP contribution in [0, 0.1) is 5.92 Å². The van der Waals surface area contributed by atoms with Crippen molar-refractivity contribution in [2.75, 3.05) is 34.5 Å². The van der Waals surface area contributed by atoms with E-state index < -0.39 is 6.10 Å². The van der Waals surface area contributed by atoms with E-state index in [-0.39, 0.29) is 5.91 Å². The first-order valence-electron chi connectivity index (χ1n) is 7.59. The number of rotatable bonds is 11. The summed E-state index contributed by atoms with van der Waals surface area (Å²) in [6.45, 7) is 7.47. The number of ether oxygens (including phenoxy) is 2. The van der Waals surface area contributed by atoms with Crippen LogP contribution in [-0.4, -0.2) is 51.6 Å². The molecule has 0 N–H and O–H groups in total. The van der Waals surface area contributed by atoms with Gasteiger partial charge in [-0.2, -0.15) is 0 Å².